The van der Waals surface area contributed by atoms with Crippen molar-refractivity contribution in [3.8, 4) is 5.75 Å². The van der Waals surface area contributed by atoms with Gasteiger partial charge in [-0.15, -0.1) is 0 Å². The zero-order valence-electron chi connectivity index (χ0n) is 14.9. The third-order valence-corrected chi connectivity index (χ3v) is 3.90. The highest BCUT2D eigenvalue weighted by molar-refractivity contribution is 5.92. The Bertz CT molecular complexity index is 756. The molecule has 0 aliphatic carbocycles. The Morgan fingerprint density at radius 3 is 2.31 bits per heavy atom. The van der Waals surface area contributed by atoms with E-state index in [9.17, 15) is 18.0 Å². The molecule has 2 aromatic carbocycles. The number of carbonyl (C=O) groups is 1. The van der Waals surface area contributed by atoms with Crippen LogP contribution in [0.5, 0.6) is 5.75 Å². The molecule has 2 rings (SSSR count). The first kappa shape index (κ1) is 19.6. The van der Waals surface area contributed by atoms with Crippen LogP contribution in [0.25, 0.3) is 0 Å². The summed E-state index contributed by atoms with van der Waals surface area (Å²) < 4.78 is 44.9. The van der Waals surface area contributed by atoms with E-state index in [0.29, 0.717) is 17.9 Å². The van der Waals surface area contributed by atoms with Gasteiger partial charge in [0.1, 0.15) is 5.75 Å². The van der Waals surface area contributed by atoms with Crippen molar-refractivity contribution < 1.29 is 22.7 Å². The molecule has 0 spiro atoms. The second kappa shape index (κ2) is 8.12. The van der Waals surface area contributed by atoms with E-state index >= 15 is 0 Å². The topological polar surface area (TPSA) is 41.6 Å². The van der Waals surface area contributed by atoms with Crippen LogP contribution in [0, 0.1) is 0 Å². The highest BCUT2D eigenvalue weighted by Crippen LogP contribution is 2.37. The van der Waals surface area contributed by atoms with Crippen LogP contribution in [0.15, 0.2) is 42.5 Å². The van der Waals surface area contributed by atoms with Gasteiger partial charge in [0.15, 0.2) is 0 Å². The first-order chi connectivity index (χ1) is 12.2. The summed E-state index contributed by atoms with van der Waals surface area (Å²) in [6.07, 6.45) is -4.05. The maximum Gasteiger partial charge on any atom is 0.418 e. The molecule has 0 unspecified atom stereocenters. The third kappa shape index (κ3) is 5.15. The van der Waals surface area contributed by atoms with Gasteiger partial charge in [0, 0.05) is 26.2 Å². The van der Waals surface area contributed by atoms with Crippen molar-refractivity contribution in [3.63, 3.8) is 0 Å². The summed E-state index contributed by atoms with van der Waals surface area (Å²) in [6.45, 7) is 0. The molecule has 0 bridgehead atoms. The summed E-state index contributed by atoms with van der Waals surface area (Å²) in [5.41, 5.74) is 0.220. The van der Waals surface area contributed by atoms with E-state index in [1.54, 1.807) is 38.2 Å². The molecule has 7 heteroatoms. The number of benzene rings is 2. The number of halogens is 3. The van der Waals surface area contributed by atoms with Gasteiger partial charge in [0.05, 0.1) is 18.4 Å². The van der Waals surface area contributed by atoms with Gasteiger partial charge in [-0.05, 0) is 42.3 Å². The fourth-order valence-corrected chi connectivity index (χ4v) is 2.42. The van der Waals surface area contributed by atoms with Crippen LogP contribution in [-0.2, 0) is 17.4 Å². The Morgan fingerprint density at radius 1 is 1.12 bits per heavy atom. The average molecular weight is 366 g/mol. The van der Waals surface area contributed by atoms with Crippen molar-refractivity contribution in [1.29, 1.82) is 0 Å². The van der Waals surface area contributed by atoms with E-state index in [4.69, 9.17) is 4.74 Å². The Kier molecular flexibility index (Phi) is 6.13. The summed E-state index contributed by atoms with van der Waals surface area (Å²) in [5, 5.41) is 2.37. The number of amides is 1. The maximum atomic E-state index is 13.3. The molecule has 0 aliphatic rings. The minimum atomic E-state index is -4.55. The Labute approximate surface area is 150 Å². The van der Waals surface area contributed by atoms with Crippen LogP contribution in [0.1, 0.15) is 17.5 Å². The molecular formula is C19H21F3N2O2. The van der Waals surface area contributed by atoms with Crippen LogP contribution >= 0.6 is 0 Å². The highest BCUT2D eigenvalue weighted by atomic mass is 19.4. The molecular weight excluding hydrogens is 345 g/mol. The van der Waals surface area contributed by atoms with E-state index in [-0.39, 0.29) is 12.1 Å². The number of hydrogen-bond acceptors (Lipinski definition) is 3. The molecule has 0 saturated carbocycles. The van der Waals surface area contributed by atoms with Gasteiger partial charge in [-0.1, -0.05) is 12.1 Å². The zero-order valence-corrected chi connectivity index (χ0v) is 14.9. The SMILES string of the molecule is COc1ccc(CCC(=O)Nc2ccc(N(C)C)cc2C(F)(F)F)cc1. The van der Waals surface area contributed by atoms with Gasteiger partial charge in [-0.2, -0.15) is 13.2 Å². The molecule has 0 atom stereocenters. The lowest BCUT2D eigenvalue weighted by Crippen LogP contribution is -2.18. The van der Waals surface area contributed by atoms with Gasteiger partial charge in [0.2, 0.25) is 5.91 Å². The minimum absolute atomic E-state index is 0.0824. The van der Waals surface area contributed by atoms with Gasteiger partial charge in [-0.3, -0.25) is 4.79 Å². The van der Waals surface area contributed by atoms with Gasteiger partial charge in [0.25, 0.3) is 0 Å². The molecule has 4 nitrogen and oxygen atoms in total. The normalized spacial score (nSPS) is 11.2. The van der Waals surface area contributed by atoms with Crippen molar-refractivity contribution in [2.45, 2.75) is 19.0 Å². The minimum Gasteiger partial charge on any atom is -0.497 e. The quantitative estimate of drug-likeness (QED) is 0.826. The van der Waals surface area contributed by atoms with Crippen LogP contribution in [-0.4, -0.2) is 27.1 Å². The zero-order chi connectivity index (χ0) is 19.3. The number of alkyl halides is 3. The predicted molar refractivity (Wildman–Crippen MR) is 95.7 cm³/mol. The summed E-state index contributed by atoms with van der Waals surface area (Å²) in [7, 11) is 4.87. The van der Waals surface area contributed by atoms with E-state index < -0.39 is 17.6 Å². The number of anilines is 2. The summed E-state index contributed by atoms with van der Waals surface area (Å²) in [5.74, 6) is 0.234. The lowest BCUT2D eigenvalue weighted by Gasteiger charge is -2.18. The molecule has 0 saturated heterocycles. The lowest BCUT2D eigenvalue weighted by atomic mass is 10.1. The number of rotatable bonds is 6. The summed E-state index contributed by atoms with van der Waals surface area (Å²) in [4.78, 5) is 13.7. The number of hydrogen-bond donors (Lipinski definition) is 1. The van der Waals surface area contributed by atoms with Gasteiger partial charge in [-0.25, -0.2) is 0 Å². The average Bonchev–Trinajstić information content (AvgIpc) is 2.59. The number of methoxy groups -OCH3 is 1. The maximum absolute atomic E-state index is 13.3. The Morgan fingerprint density at radius 2 is 1.77 bits per heavy atom. The standard InChI is InChI=1S/C19H21F3N2O2/c1-24(2)14-7-10-17(16(12-14)19(20,21)22)23-18(25)11-6-13-4-8-15(26-3)9-5-13/h4-5,7-10,12H,6,11H2,1-3H3,(H,23,25). The first-order valence-corrected chi connectivity index (χ1v) is 8.02. The molecule has 0 aliphatic heterocycles. The van der Waals surface area contributed by atoms with Crippen molar-refractivity contribution in [1.82, 2.24) is 0 Å². The number of nitrogens with one attached hydrogen (secondary N) is 1. The van der Waals surface area contributed by atoms with Crippen LogP contribution < -0.4 is 15.0 Å². The predicted octanol–water partition coefficient (Wildman–Crippen LogP) is 4.35. The van der Waals surface area contributed by atoms with Gasteiger partial charge < -0.3 is 15.0 Å². The molecule has 1 amide bonds. The number of carbonyl (C=O) groups excluding carboxylic acids is 1. The van der Waals surface area contributed by atoms with Crippen LogP contribution in [0.2, 0.25) is 0 Å². The molecule has 26 heavy (non-hydrogen) atoms. The molecule has 2 aromatic rings. The molecule has 1 N–H and O–H groups in total. The first-order valence-electron chi connectivity index (χ1n) is 8.02. The fourth-order valence-electron chi connectivity index (χ4n) is 2.42. The van der Waals surface area contributed by atoms with Crippen molar-refractivity contribution in [2.75, 3.05) is 31.4 Å². The number of ether oxygens (including phenoxy) is 1. The molecule has 0 heterocycles. The van der Waals surface area contributed by atoms with Crippen molar-refractivity contribution >= 4 is 17.3 Å². The summed E-state index contributed by atoms with van der Waals surface area (Å²) in [6, 6.07) is 11.0. The van der Waals surface area contributed by atoms with E-state index in [1.165, 1.54) is 12.1 Å². The van der Waals surface area contributed by atoms with E-state index in [2.05, 4.69) is 5.32 Å². The smallest absolute Gasteiger partial charge is 0.418 e. The summed E-state index contributed by atoms with van der Waals surface area (Å²) >= 11 is 0. The fraction of sp³-hybridized carbons (Fsp3) is 0.316. The number of aryl methyl sites for hydroxylation is 1. The lowest BCUT2D eigenvalue weighted by molar-refractivity contribution is -0.136. The van der Waals surface area contributed by atoms with E-state index in [0.717, 1.165) is 11.6 Å². The molecule has 0 radical (unpaired) electrons. The second-order valence-electron chi connectivity index (χ2n) is 6.02. The molecule has 0 aromatic heterocycles. The largest absolute Gasteiger partial charge is 0.497 e. The Hall–Kier alpha value is -2.70. The van der Waals surface area contributed by atoms with Gasteiger partial charge >= 0.3 is 6.18 Å². The molecule has 140 valence electrons. The number of nitrogens with zero attached hydrogens (tertiary/aromatic N) is 1. The highest BCUT2D eigenvalue weighted by Gasteiger charge is 2.34. The Balaban J connectivity index is 2.07. The van der Waals surface area contributed by atoms with Crippen molar-refractivity contribution in [2.24, 2.45) is 0 Å². The van der Waals surface area contributed by atoms with Crippen molar-refractivity contribution in [3.05, 3.63) is 53.6 Å². The second-order valence-corrected chi connectivity index (χ2v) is 6.02. The van der Waals surface area contributed by atoms with Crippen LogP contribution in [0.3, 0.4) is 0 Å². The van der Waals surface area contributed by atoms with Crippen LogP contribution in [0.4, 0.5) is 24.5 Å². The third-order valence-electron chi connectivity index (χ3n) is 3.90. The monoisotopic (exact) mass is 366 g/mol. The molecule has 0 fully saturated rings. The van der Waals surface area contributed by atoms with E-state index in [1.807, 2.05) is 12.1 Å².